The predicted octanol–water partition coefficient (Wildman–Crippen LogP) is 5.66. The van der Waals surface area contributed by atoms with Gasteiger partial charge in [0.1, 0.15) is 17.2 Å². The average Bonchev–Trinajstić information content (AvgIpc) is 2.80. The lowest BCUT2D eigenvalue weighted by atomic mass is 9.97. The Labute approximate surface area is 199 Å². The first kappa shape index (κ1) is 25.8. The van der Waals surface area contributed by atoms with Crippen molar-refractivity contribution in [3.63, 3.8) is 0 Å². The molecule has 186 valence electrons. The van der Waals surface area contributed by atoms with E-state index in [0.717, 1.165) is 12.1 Å². The van der Waals surface area contributed by atoms with Gasteiger partial charge in [-0.2, -0.15) is 0 Å². The van der Waals surface area contributed by atoms with Crippen LogP contribution in [0.5, 0.6) is 17.4 Å². The second-order valence-corrected chi connectivity index (χ2v) is 7.69. The Balaban J connectivity index is 1.72. The molecule has 1 aromatic heterocycles. The van der Waals surface area contributed by atoms with E-state index in [0.29, 0.717) is 11.3 Å². The average molecular weight is 491 g/mol. The van der Waals surface area contributed by atoms with E-state index in [-0.39, 0.29) is 30.5 Å². The SMILES string of the molecule is CC(C)(OCCO)c1ccccc1Oc1ncccc1NC(=O)Nc1ccc(OC(F)(F)F)cc1. The number of hydrogen-bond donors (Lipinski definition) is 3. The number of hydrogen-bond acceptors (Lipinski definition) is 6. The molecule has 1 heterocycles. The van der Waals surface area contributed by atoms with E-state index in [1.807, 2.05) is 26.0 Å². The zero-order chi connectivity index (χ0) is 25.5. The van der Waals surface area contributed by atoms with Crippen molar-refractivity contribution in [2.24, 2.45) is 0 Å². The van der Waals surface area contributed by atoms with E-state index in [2.05, 4.69) is 20.4 Å². The zero-order valence-corrected chi connectivity index (χ0v) is 18.9. The van der Waals surface area contributed by atoms with Crippen molar-refractivity contribution in [1.82, 2.24) is 4.98 Å². The summed E-state index contributed by atoms with van der Waals surface area (Å²) >= 11 is 0. The molecule has 0 fully saturated rings. The molecule has 0 atom stereocenters. The van der Waals surface area contributed by atoms with Gasteiger partial charge in [0.25, 0.3) is 0 Å². The van der Waals surface area contributed by atoms with Gasteiger partial charge in [0.15, 0.2) is 0 Å². The molecule has 0 spiro atoms. The van der Waals surface area contributed by atoms with E-state index in [9.17, 15) is 18.0 Å². The number of carbonyl (C=O) groups excluding carboxylic acids is 1. The number of aliphatic hydroxyl groups excluding tert-OH is 1. The van der Waals surface area contributed by atoms with Gasteiger partial charge in [0.05, 0.1) is 18.8 Å². The monoisotopic (exact) mass is 491 g/mol. The number of para-hydroxylation sites is 1. The van der Waals surface area contributed by atoms with Crippen LogP contribution in [0, 0.1) is 0 Å². The van der Waals surface area contributed by atoms with Crippen molar-refractivity contribution in [2.75, 3.05) is 23.8 Å². The van der Waals surface area contributed by atoms with Crippen molar-refractivity contribution in [1.29, 1.82) is 0 Å². The smallest absolute Gasteiger partial charge is 0.437 e. The summed E-state index contributed by atoms with van der Waals surface area (Å²) in [5.41, 5.74) is 0.430. The lowest BCUT2D eigenvalue weighted by Crippen LogP contribution is -2.24. The highest BCUT2D eigenvalue weighted by molar-refractivity contribution is 6.00. The molecule has 2 amide bonds. The molecule has 0 unspecified atom stereocenters. The largest absolute Gasteiger partial charge is 0.573 e. The summed E-state index contributed by atoms with van der Waals surface area (Å²) in [6.45, 7) is 3.68. The minimum absolute atomic E-state index is 0.113. The van der Waals surface area contributed by atoms with Gasteiger partial charge in [-0.25, -0.2) is 9.78 Å². The summed E-state index contributed by atoms with van der Waals surface area (Å²) in [6, 6.07) is 14.4. The lowest BCUT2D eigenvalue weighted by Gasteiger charge is -2.27. The molecule has 0 bridgehead atoms. The van der Waals surface area contributed by atoms with Crippen LogP contribution in [-0.2, 0) is 10.3 Å². The van der Waals surface area contributed by atoms with Gasteiger partial charge >= 0.3 is 12.4 Å². The van der Waals surface area contributed by atoms with Gasteiger partial charge in [0.2, 0.25) is 5.88 Å². The molecule has 11 heteroatoms. The number of halogens is 3. The van der Waals surface area contributed by atoms with Gasteiger partial charge in [-0.15, -0.1) is 13.2 Å². The molecule has 3 aromatic rings. The molecular weight excluding hydrogens is 467 g/mol. The van der Waals surface area contributed by atoms with Crippen LogP contribution < -0.4 is 20.1 Å². The lowest BCUT2D eigenvalue weighted by molar-refractivity contribution is -0.274. The summed E-state index contributed by atoms with van der Waals surface area (Å²) in [5.74, 6) is 0.149. The van der Waals surface area contributed by atoms with E-state index >= 15 is 0 Å². The maximum absolute atomic E-state index is 12.5. The predicted molar refractivity (Wildman–Crippen MR) is 123 cm³/mol. The number of alkyl halides is 3. The first-order valence-corrected chi connectivity index (χ1v) is 10.5. The number of ether oxygens (including phenoxy) is 3. The number of aromatic nitrogens is 1. The maximum atomic E-state index is 12.5. The third-order valence-corrected chi connectivity index (χ3v) is 4.66. The summed E-state index contributed by atoms with van der Waals surface area (Å²) in [6.07, 6.45) is -3.31. The molecule has 8 nitrogen and oxygen atoms in total. The van der Waals surface area contributed by atoms with Crippen LogP contribution in [0.3, 0.4) is 0 Å². The Bertz CT molecular complexity index is 1140. The zero-order valence-electron chi connectivity index (χ0n) is 18.9. The van der Waals surface area contributed by atoms with Gasteiger partial charge in [0, 0.05) is 17.4 Å². The fourth-order valence-electron chi connectivity index (χ4n) is 3.13. The van der Waals surface area contributed by atoms with Crippen molar-refractivity contribution >= 4 is 17.4 Å². The number of aliphatic hydroxyl groups is 1. The Morgan fingerprint density at radius 3 is 2.40 bits per heavy atom. The van der Waals surface area contributed by atoms with Gasteiger partial charge in [-0.1, -0.05) is 18.2 Å². The van der Waals surface area contributed by atoms with Crippen LogP contribution in [-0.4, -0.2) is 35.7 Å². The third kappa shape index (κ3) is 7.59. The topological polar surface area (TPSA) is 102 Å². The van der Waals surface area contributed by atoms with Crippen molar-refractivity contribution in [3.05, 3.63) is 72.4 Å². The second-order valence-electron chi connectivity index (χ2n) is 7.69. The normalized spacial score (nSPS) is 11.6. The fraction of sp³-hybridized carbons (Fsp3) is 0.250. The first-order valence-electron chi connectivity index (χ1n) is 10.5. The molecular formula is C24H24F3N3O5. The number of urea groups is 1. The molecule has 3 N–H and O–H groups in total. The quantitative estimate of drug-likeness (QED) is 0.357. The van der Waals surface area contributed by atoms with Crippen molar-refractivity contribution < 1.29 is 37.3 Å². The van der Waals surface area contributed by atoms with Crippen LogP contribution in [0.2, 0.25) is 0 Å². The van der Waals surface area contributed by atoms with E-state index in [1.54, 1.807) is 24.3 Å². The van der Waals surface area contributed by atoms with Crippen LogP contribution in [0.1, 0.15) is 19.4 Å². The fourth-order valence-corrected chi connectivity index (χ4v) is 3.13. The molecule has 0 radical (unpaired) electrons. The van der Waals surface area contributed by atoms with Gasteiger partial charge in [-0.3, -0.25) is 0 Å². The molecule has 0 aliphatic heterocycles. The highest BCUT2D eigenvalue weighted by Crippen LogP contribution is 2.36. The Morgan fingerprint density at radius 1 is 1.00 bits per heavy atom. The molecule has 0 saturated heterocycles. The van der Waals surface area contributed by atoms with Gasteiger partial charge < -0.3 is 30.0 Å². The van der Waals surface area contributed by atoms with Crippen LogP contribution in [0.15, 0.2) is 66.9 Å². The maximum Gasteiger partial charge on any atom is 0.573 e. The third-order valence-electron chi connectivity index (χ3n) is 4.66. The standard InChI is InChI=1S/C24H24F3N3O5/c1-23(2,33-15-14-31)18-6-3-4-8-20(18)34-21-19(7-5-13-28-21)30-22(32)29-16-9-11-17(12-10-16)35-24(25,26)27/h3-13,31H,14-15H2,1-2H3,(H2,29,30,32). The molecule has 2 aromatic carbocycles. The Hall–Kier alpha value is -3.83. The van der Waals surface area contributed by atoms with E-state index < -0.39 is 23.7 Å². The number of nitrogens with zero attached hydrogens (tertiary/aromatic N) is 1. The van der Waals surface area contributed by atoms with E-state index in [4.69, 9.17) is 14.6 Å². The number of rotatable bonds is 9. The molecule has 0 aliphatic rings. The molecule has 3 rings (SSSR count). The van der Waals surface area contributed by atoms with Crippen molar-refractivity contribution in [3.8, 4) is 17.4 Å². The number of benzene rings is 2. The van der Waals surface area contributed by atoms with Crippen LogP contribution in [0.4, 0.5) is 29.3 Å². The van der Waals surface area contributed by atoms with Crippen molar-refractivity contribution in [2.45, 2.75) is 25.8 Å². The molecule has 0 aliphatic carbocycles. The summed E-state index contributed by atoms with van der Waals surface area (Å²) < 4.78 is 52.4. The minimum atomic E-state index is -4.80. The summed E-state index contributed by atoms with van der Waals surface area (Å²) in [7, 11) is 0. The number of pyridine rings is 1. The number of amides is 2. The summed E-state index contributed by atoms with van der Waals surface area (Å²) in [4.78, 5) is 16.7. The molecule has 0 saturated carbocycles. The van der Waals surface area contributed by atoms with Crippen LogP contribution in [0.25, 0.3) is 0 Å². The highest BCUT2D eigenvalue weighted by atomic mass is 19.4. The van der Waals surface area contributed by atoms with Crippen LogP contribution >= 0.6 is 0 Å². The summed E-state index contributed by atoms with van der Waals surface area (Å²) in [5, 5.41) is 14.2. The minimum Gasteiger partial charge on any atom is -0.437 e. The second kappa shape index (κ2) is 11.1. The van der Waals surface area contributed by atoms with E-state index in [1.165, 1.54) is 18.3 Å². The van der Waals surface area contributed by atoms with Gasteiger partial charge in [-0.05, 0) is 56.3 Å². The number of carbonyl (C=O) groups is 1. The first-order chi connectivity index (χ1) is 16.6. The number of nitrogens with one attached hydrogen (secondary N) is 2. The number of anilines is 2. The highest BCUT2D eigenvalue weighted by Gasteiger charge is 2.31. The Kier molecular flexibility index (Phi) is 8.15. The Morgan fingerprint density at radius 2 is 1.71 bits per heavy atom. The molecule has 35 heavy (non-hydrogen) atoms.